The summed E-state index contributed by atoms with van der Waals surface area (Å²) < 4.78 is 30.4. The maximum absolute atomic E-state index is 12.4. The minimum Gasteiger partial charge on any atom is -0.496 e. The Morgan fingerprint density at radius 3 is 2.26 bits per heavy atom. The molecular weight excluding hydrogens is 380 g/mol. The summed E-state index contributed by atoms with van der Waals surface area (Å²) >= 11 is 0. The van der Waals surface area contributed by atoms with Crippen molar-refractivity contribution in [1.82, 2.24) is 0 Å². The van der Waals surface area contributed by atoms with E-state index in [0.29, 0.717) is 11.3 Å². The van der Waals surface area contributed by atoms with Crippen molar-refractivity contribution in [2.45, 2.75) is 11.8 Å². The molecule has 3 nitrogen and oxygen atoms in total. The van der Waals surface area contributed by atoms with Crippen LogP contribution in [0.5, 0.6) is 5.75 Å². The van der Waals surface area contributed by atoms with Crippen LogP contribution in [0.15, 0.2) is 71.6 Å². The smallest absolute Gasteiger partial charge is 0.261 e. The van der Waals surface area contributed by atoms with Gasteiger partial charge in [-0.2, -0.15) is 0 Å². The van der Waals surface area contributed by atoms with Gasteiger partial charge in [0.25, 0.3) is 9.05 Å². The van der Waals surface area contributed by atoms with Crippen molar-refractivity contribution >= 4 is 41.3 Å². The zero-order valence-electron chi connectivity index (χ0n) is 14.9. The van der Waals surface area contributed by atoms with E-state index >= 15 is 0 Å². The number of fused-ring (bicyclic) bond motifs is 2. The van der Waals surface area contributed by atoms with Gasteiger partial charge in [0, 0.05) is 21.8 Å². The summed E-state index contributed by atoms with van der Waals surface area (Å²) in [7, 11) is 3.44. The molecule has 0 aliphatic carbocycles. The van der Waals surface area contributed by atoms with Crippen molar-refractivity contribution in [1.29, 1.82) is 0 Å². The number of ether oxygens (including phenoxy) is 1. The predicted octanol–water partition coefficient (Wildman–Crippen LogP) is 5.90. The van der Waals surface area contributed by atoms with E-state index in [-0.39, 0.29) is 4.90 Å². The highest BCUT2D eigenvalue weighted by Crippen LogP contribution is 2.44. The molecule has 0 aliphatic heterocycles. The molecule has 0 aromatic heterocycles. The minimum atomic E-state index is -3.96. The Labute approximate surface area is 162 Å². The van der Waals surface area contributed by atoms with Crippen molar-refractivity contribution in [3.63, 3.8) is 0 Å². The van der Waals surface area contributed by atoms with E-state index in [1.807, 2.05) is 55.5 Å². The first-order valence-corrected chi connectivity index (χ1v) is 10.8. The number of halogens is 1. The zero-order valence-corrected chi connectivity index (χ0v) is 16.4. The van der Waals surface area contributed by atoms with Gasteiger partial charge in [-0.15, -0.1) is 0 Å². The van der Waals surface area contributed by atoms with E-state index in [0.717, 1.165) is 32.7 Å². The quantitative estimate of drug-likeness (QED) is 0.404. The lowest BCUT2D eigenvalue weighted by Crippen LogP contribution is -1.99. The molecule has 0 N–H and O–H groups in total. The fourth-order valence-corrected chi connectivity index (χ4v) is 4.64. The van der Waals surface area contributed by atoms with Crippen LogP contribution in [0.1, 0.15) is 5.56 Å². The largest absolute Gasteiger partial charge is 0.496 e. The highest BCUT2D eigenvalue weighted by Gasteiger charge is 2.23. The molecule has 27 heavy (non-hydrogen) atoms. The third-order valence-corrected chi connectivity index (χ3v) is 6.12. The number of hydrogen-bond donors (Lipinski definition) is 0. The van der Waals surface area contributed by atoms with Crippen LogP contribution >= 0.6 is 10.7 Å². The summed E-state index contributed by atoms with van der Waals surface area (Å²) in [6.07, 6.45) is 0. The Morgan fingerprint density at radius 2 is 1.52 bits per heavy atom. The van der Waals surface area contributed by atoms with Crippen molar-refractivity contribution < 1.29 is 13.2 Å². The summed E-state index contributed by atoms with van der Waals surface area (Å²) in [5, 5.41) is 3.67. The molecule has 0 unspecified atom stereocenters. The summed E-state index contributed by atoms with van der Waals surface area (Å²) in [6, 6.07) is 20.9. The molecular formula is C22H17ClO3S. The maximum atomic E-state index is 12.4. The van der Waals surface area contributed by atoms with Gasteiger partial charge in [-0.1, -0.05) is 60.2 Å². The second kappa shape index (κ2) is 6.55. The highest BCUT2D eigenvalue weighted by molar-refractivity contribution is 8.13. The van der Waals surface area contributed by atoms with Gasteiger partial charge in [-0.05, 0) is 40.6 Å². The van der Waals surface area contributed by atoms with Crippen LogP contribution in [0.4, 0.5) is 0 Å². The lowest BCUT2D eigenvalue weighted by Gasteiger charge is -2.17. The molecule has 0 saturated carbocycles. The maximum Gasteiger partial charge on any atom is 0.261 e. The van der Waals surface area contributed by atoms with Crippen LogP contribution in [-0.4, -0.2) is 15.5 Å². The molecule has 5 heteroatoms. The van der Waals surface area contributed by atoms with Crippen LogP contribution < -0.4 is 4.74 Å². The predicted molar refractivity (Wildman–Crippen MR) is 111 cm³/mol. The Hall–Kier alpha value is -2.56. The number of benzene rings is 4. The third kappa shape index (κ3) is 3.05. The van der Waals surface area contributed by atoms with Crippen LogP contribution in [0, 0.1) is 6.92 Å². The lowest BCUT2D eigenvalue weighted by atomic mass is 9.92. The second-order valence-corrected chi connectivity index (χ2v) is 9.00. The van der Waals surface area contributed by atoms with Crippen molar-refractivity contribution in [3.8, 4) is 16.9 Å². The molecule has 0 bridgehead atoms. The van der Waals surface area contributed by atoms with E-state index in [2.05, 4.69) is 6.07 Å². The van der Waals surface area contributed by atoms with Crippen molar-refractivity contribution in [2.75, 3.05) is 7.11 Å². The average molecular weight is 397 g/mol. The molecule has 0 amide bonds. The van der Waals surface area contributed by atoms with Gasteiger partial charge >= 0.3 is 0 Å². The normalized spacial score (nSPS) is 11.8. The molecule has 0 radical (unpaired) electrons. The van der Waals surface area contributed by atoms with E-state index in [4.69, 9.17) is 15.4 Å². The highest BCUT2D eigenvalue weighted by atomic mass is 35.7. The van der Waals surface area contributed by atoms with Crippen LogP contribution in [0.3, 0.4) is 0 Å². The van der Waals surface area contributed by atoms with Gasteiger partial charge in [0.1, 0.15) is 5.75 Å². The molecule has 4 rings (SSSR count). The molecule has 4 aromatic carbocycles. The third-order valence-electron chi connectivity index (χ3n) is 4.76. The van der Waals surface area contributed by atoms with Crippen molar-refractivity contribution in [3.05, 3.63) is 72.3 Å². The monoisotopic (exact) mass is 396 g/mol. The molecule has 0 heterocycles. The Bertz CT molecular complexity index is 1290. The van der Waals surface area contributed by atoms with E-state index in [1.165, 1.54) is 0 Å². The van der Waals surface area contributed by atoms with Gasteiger partial charge in [-0.3, -0.25) is 0 Å². The summed E-state index contributed by atoms with van der Waals surface area (Å²) in [5.74, 6) is 0.601. The molecule has 136 valence electrons. The number of methoxy groups -OCH3 is 1. The first-order valence-electron chi connectivity index (χ1n) is 8.44. The second-order valence-electron chi connectivity index (χ2n) is 6.47. The SMILES string of the molecule is COc1ccc2cc(C)ccc2c1-c1c(S(=O)(=O)Cl)ccc2ccccc12. The lowest BCUT2D eigenvalue weighted by molar-refractivity contribution is 0.417. The minimum absolute atomic E-state index is 0.0780. The van der Waals surface area contributed by atoms with Crippen LogP contribution in [0.25, 0.3) is 32.7 Å². The fourth-order valence-electron chi connectivity index (χ4n) is 3.57. The standard InChI is InChI=1S/C22H17ClO3S/c1-14-7-10-18-16(13-14)8-11-19(26-2)21(18)22-17-6-4-3-5-15(17)9-12-20(22)27(23,24)25/h3-13H,1-2H3. The van der Waals surface area contributed by atoms with Gasteiger partial charge in [0.2, 0.25) is 0 Å². The molecule has 0 saturated heterocycles. The molecule has 0 aliphatic rings. The van der Waals surface area contributed by atoms with E-state index < -0.39 is 9.05 Å². The Balaban J connectivity index is 2.26. The number of aryl methyl sites for hydroxylation is 1. The summed E-state index contributed by atoms with van der Waals surface area (Å²) in [5.41, 5.74) is 2.42. The van der Waals surface area contributed by atoms with Crippen LogP contribution in [-0.2, 0) is 9.05 Å². The fraction of sp³-hybridized carbons (Fsp3) is 0.0909. The topological polar surface area (TPSA) is 43.4 Å². The number of rotatable bonds is 3. The average Bonchev–Trinajstić information content (AvgIpc) is 2.65. The van der Waals surface area contributed by atoms with E-state index in [1.54, 1.807) is 19.2 Å². The molecule has 0 atom stereocenters. The first-order chi connectivity index (χ1) is 12.9. The summed E-state index contributed by atoms with van der Waals surface area (Å²) in [6.45, 7) is 2.02. The molecule has 0 fully saturated rings. The van der Waals surface area contributed by atoms with Crippen LogP contribution in [0.2, 0.25) is 0 Å². The molecule has 4 aromatic rings. The Morgan fingerprint density at radius 1 is 0.815 bits per heavy atom. The number of hydrogen-bond acceptors (Lipinski definition) is 3. The Kier molecular flexibility index (Phi) is 4.33. The van der Waals surface area contributed by atoms with Gasteiger partial charge < -0.3 is 4.74 Å². The van der Waals surface area contributed by atoms with Gasteiger partial charge in [-0.25, -0.2) is 8.42 Å². The summed E-state index contributed by atoms with van der Waals surface area (Å²) in [4.78, 5) is 0.0780. The zero-order chi connectivity index (χ0) is 19.2. The van der Waals surface area contributed by atoms with E-state index in [9.17, 15) is 8.42 Å². The first kappa shape index (κ1) is 17.8. The van der Waals surface area contributed by atoms with Gasteiger partial charge in [0.15, 0.2) is 0 Å². The van der Waals surface area contributed by atoms with Crippen molar-refractivity contribution in [2.24, 2.45) is 0 Å². The molecule has 0 spiro atoms. The van der Waals surface area contributed by atoms with Gasteiger partial charge in [0.05, 0.1) is 12.0 Å².